The maximum absolute atomic E-state index is 12.3. The van der Waals surface area contributed by atoms with Crippen molar-refractivity contribution in [1.29, 1.82) is 0 Å². The summed E-state index contributed by atoms with van der Waals surface area (Å²) in [7, 11) is 0. The number of pyridine rings is 1. The van der Waals surface area contributed by atoms with E-state index in [0.717, 1.165) is 25.1 Å². The lowest BCUT2D eigenvalue weighted by Gasteiger charge is -2.30. The Labute approximate surface area is 103 Å². The van der Waals surface area contributed by atoms with E-state index >= 15 is 0 Å². The molecule has 1 aliphatic heterocycles. The van der Waals surface area contributed by atoms with Gasteiger partial charge in [-0.2, -0.15) is 0 Å². The molecule has 3 nitrogen and oxygen atoms in total. The molecule has 1 fully saturated rings. The van der Waals surface area contributed by atoms with Crippen LogP contribution in [0.15, 0.2) is 24.4 Å². The molecule has 0 bridgehead atoms. The number of likely N-dealkylation sites (tertiary alicyclic amines) is 1. The van der Waals surface area contributed by atoms with E-state index in [1.54, 1.807) is 6.20 Å². The van der Waals surface area contributed by atoms with Crippen LogP contribution in [0, 0.1) is 5.41 Å². The van der Waals surface area contributed by atoms with E-state index in [2.05, 4.69) is 4.98 Å². The molecule has 0 aromatic carbocycles. The molecule has 2 rings (SSSR count). The molecule has 1 amide bonds. The van der Waals surface area contributed by atoms with Gasteiger partial charge in [-0.25, -0.2) is 0 Å². The Morgan fingerprint density at radius 1 is 1.41 bits per heavy atom. The third kappa shape index (κ3) is 2.48. The van der Waals surface area contributed by atoms with Gasteiger partial charge in [0, 0.05) is 18.2 Å². The Bertz CT molecular complexity index is 394. The van der Waals surface area contributed by atoms with E-state index in [0.29, 0.717) is 0 Å². The number of amides is 1. The highest BCUT2D eigenvalue weighted by Gasteiger charge is 2.36. The molecule has 0 saturated carbocycles. The molecule has 1 unspecified atom stereocenters. The van der Waals surface area contributed by atoms with Crippen molar-refractivity contribution in [3.63, 3.8) is 0 Å². The third-order valence-electron chi connectivity index (χ3n) is 3.18. The Kier molecular flexibility index (Phi) is 3.18. The highest BCUT2D eigenvalue weighted by Crippen LogP contribution is 2.34. The fraction of sp³-hybridized carbons (Fsp3) is 0.571. The lowest BCUT2D eigenvalue weighted by Crippen LogP contribution is -2.39. The zero-order valence-corrected chi connectivity index (χ0v) is 10.8. The fourth-order valence-corrected chi connectivity index (χ4v) is 2.32. The maximum Gasteiger partial charge on any atom is 0.228 e. The average molecular weight is 232 g/mol. The van der Waals surface area contributed by atoms with Crippen LogP contribution in [0.25, 0.3) is 0 Å². The molecule has 1 saturated heterocycles. The van der Waals surface area contributed by atoms with Crippen LogP contribution in [0.1, 0.15) is 45.3 Å². The molecule has 0 N–H and O–H groups in total. The van der Waals surface area contributed by atoms with Gasteiger partial charge in [-0.05, 0) is 25.0 Å². The standard InChI is InChI=1S/C14H20N2O/c1-14(2,3)13(17)16-10-6-8-12(16)11-7-4-5-9-15-11/h4-5,7,9,12H,6,8,10H2,1-3H3. The minimum absolute atomic E-state index is 0.169. The second kappa shape index (κ2) is 4.47. The largest absolute Gasteiger partial charge is 0.334 e. The normalized spacial score (nSPS) is 20.6. The molecule has 3 heteroatoms. The van der Waals surface area contributed by atoms with E-state index in [1.165, 1.54) is 0 Å². The zero-order valence-electron chi connectivity index (χ0n) is 10.8. The summed E-state index contributed by atoms with van der Waals surface area (Å²) in [4.78, 5) is 18.7. The van der Waals surface area contributed by atoms with Gasteiger partial charge in [0.25, 0.3) is 0 Å². The summed E-state index contributed by atoms with van der Waals surface area (Å²) in [5.74, 6) is 0.227. The van der Waals surface area contributed by atoms with Crippen LogP contribution in [-0.4, -0.2) is 22.3 Å². The van der Waals surface area contributed by atoms with E-state index < -0.39 is 0 Å². The van der Waals surface area contributed by atoms with Crippen LogP contribution in [0.2, 0.25) is 0 Å². The van der Waals surface area contributed by atoms with E-state index in [-0.39, 0.29) is 17.4 Å². The van der Waals surface area contributed by atoms with Gasteiger partial charge in [0.15, 0.2) is 0 Å². The van der Waals surface area contributed by atoms with Crippen LogP contribution in [0.5, 0.6) is 0 Å². The molecular weight excluding hydrogens is 212 g/mol. The maximum atomic E-state index is 12.3. The molecule has 1 aromatic heterocycles. The molecular formula is C14H20N2O. The predicted molar refractivity (Wildman–Crippen MR) is 67.4 cm³/mol. The monoisotopic (exact) mass is 232 g/mol. The van der Waals surface area contributed by atoms with Crippen molar-refractivity contribution < 1.29 is 4.79 Å². The summed E-state index contributed by atoms with van der Waals surface area (Å²) in [5, 5.41) is 0. The van der Waals surface area contributed by atoms with Crippen molar-refractivity contribution in [2.24, 2.45) is 5.41 Å². The highest BCUT2D eigenvalue weighted by molar-refractivity contribution is 5.82. The lowest BCUT2D eigenvalue weighted by molar-refractivity contribution is -0.140. The first-order chi connectivity index (χ1) is 8.00. The van der Waals surface area contributed by atoms with Crippen molar-refractivity contribution in [3.8, 4) is 0 Å². The smallest absolute Gasteiger partial charge is 0.228 e. The molecule has 0 spiro atoms. The summed E-state index contributed by atoms with van der Waals surface area (Å²) >= 11 is 0. The van der Waals surface area contributed by atoms with Gasteiger partial charge in [-0.1, -0.05) is 26.8 Å². The third-order valence-corrected chi connectivity index (χ3v) is 3.18. The number of nitrogens with zero attached hydrogens (tertiary/aromatic N) is 2. The summed E-state index contributed by atoms with van der Waals surface area (Å²) in [6, 6.07) is 6.08. The van der Waals surface area contributed by atoms with Gasteiger partial charge in [0.2, 0.25) is 5.91 Å². The highest BCUT2D eigenvalue weighted by atomic mass is 16.2. The van der Waals surface area contributed by atoms with E-state index in [4.69, 9.17) is 0 Å². The summed E-state index contributed by atoms with van der Waals surface area (Å²) in [6.07, 6.45) is 3.90. The zero-order chi connectivity index (χ0) is 12.5. The fourth-order valence-electron chi connectivity index (χ4n) is 2.32. The number of carbonyl (C=O) groups is 1. The summed E-state index contributed by atoms with van der Waals surface area (Å²) < 4.78 is 0. The SMILES string of the molecule is CC(C)(C)C(=O)N1CCCC1c1ccccn1. The van der Waals surface area contributed by atoms with Gasteiger partial charge < -0.3 is 4.90 Å². The minimum Gasteiger partial charge on any atom is -0.334 e. The van der Waals surface area contributed by atoms with E-state index in [9.17, 15) is 4.79 Å². The molecule has 17 heavy (non-hydrogen) atoms. The Balaban J connectivity index is 2.22. The van der Waals surface area contributed by atoms with Gasteiger partial charge in [0.05, 0.1) is 11.7 Å². The number of hydrogen-bond donors (Lipinski definition) is 0. The van der Waals surface area contributed by atoms with Crippen molar-refractivity contribution in [2.45, 2.75) is 39.7 Å². The molecule has 2 heterocycles. The molecule has 1 atom stereocenters. The van der Waals surface area contributed by atoms with Crippen LogP contribution < -0.4 is 0 Å². The number of carbonyl (C=O) groups excluding carboxylic acids is 1. The van der Waals surface area contributed by atoms with Gasteiger partial charge in [-0.15, -0.1) is 0 Å². The predicted octanol–water partition coefficient (Wildman–Crippen LogP) is 2.79. The van der Waals surface area contributed by atoms with Crippen molar-refractivity contribution in [1.82, 2.24) is 9.88 Å². The first-order valence-electron chi connectivity index (χ1n) is 6.22. The first-order valence-corrected chi connectivity index (χ1v) is 6.22. The number of hydrogen-bond acceptors (Lipinski definition) is 2. The van der Waals surface area contributed by atoms with Crippen LogP contribution in [-0.2, 0) is 4.79 Å². The molecule has 1 aromatic rings. The summed E-state index contributed by atoms with van der Waals surface area (Å²) in [5.41, 5.74) is 0.708. The van der Waals surface area contributed by atoms with Crippen LogP contribution in [0.3, 0.4) is 0 Å². The lowest BCUT2D eigenvalue weighted by atomic mass is 9.94. The van der Waals surface area contributed by atoms with Crippen LogP contribution >= 0.6 is 0 Å². The minimum atomic E-state index is -0.308. The van der Waals surface area contributed by atoms with Crippen molar-refractivity contribution >= 4 is 5.91 Å². The molecule has 0 radical (unpaired) electrons. The number of aromatic nitrogens is 1. The first kappa shape index (κ1) is 12.1. The van der Waals surface area contributed by atoms with Gasteiger partial charge >= 0.3 is 0 Å². The average Bonchev–Trinajstić information content (AvgIpc) is 2.76. The van der Waals surface area contributed by atoms with Gasteiger partial charge in [0.1, 0.15) is 0 Å². The summed E-state index contributed by atoms with van der Waals surface area (Å²) in [6.45, 7) is 6.78. The second-order valence-corrected chi connectivity index (χ2v) is 5.66. The van der Waals surface area contributed by atoms with Crippen molar-refractivity contribution in [3.05, 3.63) is 30.1 Å². The van der Waals surface area contributed by atoms with Gasteiger partial charge in [-0.3, -0.25) is 9.78 Å². The molecule has 0 aliphatic carbocycles. The molecule has 1 aliphatic rings. The van der Waals surface area contributed by atoms with Crippen molar-refractivity contribution in [2.75, 3.05) is 6.54 Å². The topological polar surface area (TPSA) is 33.2 Å². The molecule has 92 valence electrons. The Hall–Kier alpha value is -1.38. The number of rotatable bonds is 1. The Morgan fingerprint density at radius 2 is 2.18 bits per heavy atom. The second-order valence-electron chi connectivity index (χ2n) is 5.66. The Morgan fingerprint density at radius 3 is 2.76 bits per heavy atom. The van der Waals surface area contributed by atoms with E-state index in [1.807, 2.05) is 43.9 Å². The quantitative estimate of drug-likeness (QED) is 0.746. The van der Waals surface area contributed by atoms with Crippen LogP contribution in [0.4, 0.5) is 0 Å².